The molecule has 0 aromatic rings. The van der Waals surface area contributed by atoms with Crippen molar-refractivity contribution < 1.29 is 38.7 Å². The van der Waals surface area contributed by atoms with Gasteiger partial charge in [0.1, 0.15) is 17.6 Å². The zero-order chi connectivity index (χ0) is 32.0. The normalized spacial score (nSPS) is 45.1. The molecule has 8 nitrogen and oxygen atoms in total. The molecule has 2 N–H and O–H groups in total. The van der Waals surface area contributed by atoms with Crippen LogP contribution in [0, 0.1) is 23.7 Å². The van der Waals surface area contributed by atoms with E-state index in [0.717, 1.165) is 12.0 Å². The van der Waals surface area contributed by atoms with Gasteiger partial charge >= 0.3 is 5.97 Å². The number of carbonyl (C=O) groups excluding carboxylic acids is 2. The van der Waals surface area contributed by atoms with E-state index in [2.05, 4.69) is 45.9 Å². The van der Waals surface area contributed by atoms with Gasteiger partial charge in [-0.2, -0.15) is 0 Å². The lowest BCUT2D eigenvalue weighted by atomic mass is 9.71. The van der Waals surface area contributed by atoms with Crippen LogP contribution in [-0.4, -0.2) is 70.5 Å². The number of esters is 1. The van der Waals surface area contributed by atoms with Crippen LogP contribution in [0.1, 0.15) is 80.6 Å². The van der Waals surface area contributed by atoms with Crippen LogP contribution in [-0.2, 0) is 28.5 Å². The van der Waals surface area contributed by atoms with Crippen LogP contribution in [0.2, 0.25) is 0 Å². The van der Waals surface area contributed by atoms with Gasteiger partial charge in [-0.25, -0.2) is 0 Å². The molecule has 5 rings (SSSR count). The average molecular weight is 611 g/mol. The molecule has 4 aliphatic heterocycles. The number of ether oxygens (including phenoxy) is 4. The maximum absolute atomic E-state index is 14.0. The van der Waals surface area contributed by atoms with Crippen molar-refractivity contribution in [1.29, 1.82) is 0 Å². The first-order valence-electron chi connectivity index (χ1n) is 16.2. The predicted octanol–water partition coefficient (Wildman–Crippen LogP) is 5.30. The Balaban J connectivity index is 1.53. The highest BCUT2D eigenvalue weighted by Crippen LogP contribution is 2.47. The smallest absolute Gasteiger partial charge is 0.316 e. The van der Waals surface area contributed by atoms with E-state index in [1.165, 1.54) is 11.6 Å². The fourth-order valence-electron chi connectivity index (χ4n) is 7.69. The van der Waals surface area contributed by atoms with Gasteiger partial charge < -0.3 is 29.2 Å². The minimum atomic E-state index is -1.84. The van der Waals surface area contributed by atoms with Crippen LogP contribution in [0.3, 0.4) is 0 Å². The van der Waals surface area contributed by atoms with Gasteiger partial charge in [-0.3, -0.25) is 9.59 Å². The number of fused-ring (bicyclic) bond motifs is 2. The molecule has 0 aromatic carbocycles. The third-order valence-corrected chi connectivity index (χ3v) is 9.92. The number of carbonyl (C=O) groups is 2. The second kappa shape index (κ2) is 12.8. The molecular weight excluding hydrogens is 560 g/mol. The number of ketones is 1. The molecule has 1 aliphatic carbocycles. The minimum absolute atomic E-state index is 0.0481. The van der Waals surface area contributed by atoms with Crippen LogP contribution < -0.4 is 0 Å². The first-order valence-corrected chi connectivity index (χ1v) is 16.2. The quantitative estimate of drug-likeness (QED) is 0.320. The lowest BCUT2D eigenvalue weighted by Gasteiger charge is -2.51. The van der Waals surface area contributed by atoms with Gasteiger partial charge in [0.15, 0.2) is 17.7 Å². The fourth-order valence-corrected chi connectivity index (χ4v) is 7.69. The van der Waals surface area contributed by atoms with Crippen molar-refractivity contribution in [2.24, 2.45) is 23.7 Å². The molecule has 0 radical (unpaired) electrons. The van der Waals surface area contributed by atoms with Gasteiger partial charge in [0.2, 0.25) is 0 Å². The summed E-state index contributed by atoms with van der Waals surface area (Å²) in [6, 6.07) is 0. The molecule has 0 amide bonds. The molecule has 44 heavy (non-hydrogen) atoms. The van der Waals surface area contributed by atoms with Gasteiger partial charge in [0, 0.05) is 25.2 Å². The fraction of sp³-hybridized carbons (Fsp3) is 0.667. The molecule has 10 atom stereocenters. The van der Waals surface area contributed by atoms with Crippen LogP contribution in [0.4, 0.5) is 0 Å². The third-order valence-electron chi connectivity index (χ3n) is 9.92. The van der Waals surface area contributed by atoms with E-state index >= 15 is 0 Å². The zero-order valence-electron chi connectivity index (χ0n) is 27.2. The summed E-state index contributed by atoms with van der Waals surface area (Å²) < 4.78 is 25.5. The number of Topliss-reactive ketones (excluding diaryl/α,β-unsaturated/α-hetero) is 1. The van der Waals surface area contributed by atoms with E-state index in [1.54, 1.807) is 13.0 Å². The largest absolute Gasteiger partial charge is 0.462 e. The van der Waals surface area contributed by atoms with Crippen LogP contribution in [0.15, 0.2) is 58.7 Å². The number of aliphatic hydroxyl groups excluding tert-OH is 1. The van der Waals surface area contributed by atoms with Crippen molar-refractivity contribution in [2.75, 3.05) is 6.61 Å². The minimum Gasteiger partial charge on any atom is -0.462 e. The predicted molar refractivity (Wildman–Crippen MR) is 166 cm³/mol. The summed E-state index contributed by atoms with van der Waals surface area (Å²) in [4.78, 5) is 27.1. The summed E-state index contributed by atoms with van der Waals surface area (Å²) in [6.07, 6.45) is 10.9. The van der Waals surface area contributed by atoms with Gasteiger partial charge in [0.05, 0.1) is 24.9 Å². The molecule has 5 aliphatic rings. The van der Waals surface area contributed by atoms with Gasteiger partial charge in [-0.05, 0) is 62.2 Å². The number of allylic oxidation sites excluding steroid dienone is 5. The van der Waals surface area contributed by atoms with E-state index < -0.39 is 41.6 Å². The summed E-state index contributed by atoms with van der Waals surface area (Å²) in [5, 5.41) is 23.3. The first-order chi connectivity index (χ1) is 20.7. The van der Waals surface area contributed by atoms with Crippen LogP contribution >= 0.6 is 0 Å². The Bertz CT molecular complexity index is 1290. The number of aliphatic hydroxyl groups is 2. The number of hydrogen-bond acceptors (Lipinski definition) is 8. The monoisotopic (exact) mass is 610 g/mol. The lowest BCUT2D eigenvalue weighted by Crippen LogP contribution is -2.59. The van der Waals surface area contributed by atoms with E-state index in [4.69, 9.17) is 18.9 Å². The second-order valence-corrected chi connectivity index (χ2v) is 14.2. The van der Waals surface area contributed by atoms with Crippen molar-refractivity contribution in [3.63, 3.8) is 0 Å². The summed E-state index contributed by atoms with van der Waals surface area (Å²) in [6.45, 7) is 14.2. The highest BCUT2D eigenvalue weighted by molar-refractivity contribution is 6.03. The zero-order valence-corrected chi connectivity index (χ0v) is 27.2. The van der Waals surface area contributed by atoms with Crippen molar-refractivity contribution >= 4 is 11.8 Å². The van der Waals surface area contributed by atoms with Crippen molar-refractivity contribution in [1.82, 2.24) is 0 Å². The Morgan fingerprint density at radius 2 is 1.86 bits per heavy atom. The Morgan fingerprint density at radius 3 is 2.59 bits per heavy atom. The summed E-state index contributed by atoms with van der Waals surface area (Å²) >= 11 is 0. The lowest BCUT2D eigenvalue weighted by molar-refractivity contribution is -0.342. The van der Waals surface area contributed by atoms with Crippen molar-refractivity contribution in [2.45, 2.75) is 122 Å². The van der Waals surface area contributed by atoms with Crippen LogP contribution in [0.25, 0.3) is 0 Å². The van der Waals surface area contributed by atoms with E-state index in [0.29, 0.717) is 29.9 Å². The topological polar surface area (TPSA) is 112 Å². The molecule has 1 spiro atoms. The Kier molecular flexibility index (Phi) is 9.60. The Hall–Kier alpha value is -2.36. The van der Waals surface area contributed by atoms with E-state index in [-0.39, 0.29) is 49.3 Å². The van der Waals surface area contributed by atoms with E-state index in [9.17, 15) is 19.8 Å². The standard InChI is InChI=1S/C36H50O8/c1-20(2)13-24(6)32-25(7)30(37)18-35(44-32)17-28-16-27(43-35)12-11-22(4)14-21(3)9-8-10-26-19-41-33-31(38)23(5)15-29(34(39)42-28)36(26,33)40/h8-11,13,15,20-21,25,27-30,32-33,37,40H,12,14,16-19H2,1-7H3/b9-8+,22-11+,24-13+,26-10+/t21-,25-,27+,28-,29-,30-,32+,33-,35-,36+/m0/s1. The molecule has 2 bridgehead atoms. The highest BCUT2D eigenvalue weighted by Gasteiger charge is 2.60. The Labute approximate surface area is 261 Å². The molecule has 0 aromatic heterocycles. The van der Waals surface area contributed by atoms with Crippen molar-refractivity contribution in [3.8, 4) is 0 Å². The number of hydrogen-bond donors (Lipinski definition) is 2. The summed E-state index contributed by atoms with van der Waals surface area (Å²) in [5.41, 5.74) is 1.26. The molecule has 3 saturated heterocycles. The average Bonchev–Trinajstić information content (AvgIpc) is 3.27. The maximum Gasteiger partial charge on any atom is 0.316 e. The van der Waals surface area contributed by atoms with Gasteiger partial charge in [0.25, 0.3) is 0 Å². The summed E-state index contributed by atoms with van der Waals surface area (Å²) in [7, 11) is 0. The van der Waals surface area contributed by atoms with E-state index in [1.807, 2.05) is 19.9 Å². The summed E-state index contributed by atoms with van der Waals surface area (Å²) in [5.74, 6) is -2.79. The molecule has 0 unspecified atom stereocenters. The maximum atomic E-state index is 14.0. The molecular formula is C36H50O8. The SMILES string of the molecule is CC1=C[C@H]2C(=O)O[C@H]3C[C@@H](C/C=C(\C)C[C@@H](C)/C=C/C=C4\CO[C@@H](C1=O)[C@@]42O)O[C@]1(C3)C[C@H](O)[C@H](C)[C@@H](/C(C)=C/C(C)C)O1. The molecule has 4 heterocycles. The van der Waals surface area contributed by atoms with Gasteiger partial charge in [-0.15, -0.1) is 0 Å². The highest BCUT2D eigenvalue weighted by atomic mass is 16.7. The Morgan fingerprint density at radius 1 is 1.11 bits per heavy atom. The molecule has 8 heteroatoms. The number of rotatable bonds is 2. The van der Waals surface area contributed by atoms with Crippen LogP contribution in [0.5, 0.6) is 0 Å². The molecule has 242 valence electrons. The molecule has 0 saturated carbocycles. The first kappa shape index (κ1) is 33.0. The second-order valence-electron chi connectivity index (χ2n) is 14.2. The third kappa shape index (κ3) is 6.47. The molecule has 3 fully saturated rings. The van der Waals surface area contributed by atoms with Gasteiger partial charge in [-0.1, -0.05) is 69.7 Å². The van der Waals surface area contributed by atoms with Crippen molar-refractivity contribution in [3.05, 3.63) is 58.7 Å².